The summed E-state index contributed by atoms with van der Waals surface area (Å²) < 4.78 is 36.5. The Bertz CT molecular complexity index is 1110. The molecule has 0 atom stereocenters. The fraction of sp³-hybridized carbons (Fsp3) is 0.125. The predicted molar refractivity (Wildman–Crippen MR) is 94.0 cm³/mol. The summed E-state index contributed by atoms with van der Waals surface area (Å²) in [7, 11) is -4.65. The number of hydrogen-bond acceptors (Lipinski definition) is 5. The molecule has 1 aromatic heterocycles. The number of hydrogen-bond donors (Lipinski definition) is 1. The van der Waals surface area contributed by atoms with Gasteiger partial charge in [0.1, 0.15) is 11.3 Å². The topological polar surface area (TPSA) is 93.8 Å². The first kappa shape index (κ1) is 16.1. The second-order valence-electron chi connectivity index (χ2n) is 5.54. The molecule has 4 rings (SSSR count). The van der Waals surface area contributed by atoms with Crippen LogP contribution in [0.25, 0.3) is 22.4 Å². The van der Waals surface area contributed by atoms with Crippen molar-refractivity contribution in [2.24, 2.45) is 5.16 Å². The monoisotopic (exact) mass is 377 g/mol. The van der Waals surface area contributed by atoms with Crippen molar-refractivity contribution in [2.75, 3.05) is 0 Å². The van der Waals surface area contributed by atoms with Gasteiger partial charge >= 0.3 is 10.4 Å². The first-order valence-electron chi connectivity index (χ1n) is 7.41. The molecule has 7 nitrogen and oxygen atoms in total. The van der Waals surface area contributed by atoms with E-state index in [0.717, 1.165) is 16.9 Å². The molecule has 1 aliphatic rings. The Morgan fingerprint density at radius 3 is 2.68 bits per heavy atom. The van der Waals surface area contributed by atoms with Crippen molar-refractivity contribution in [3.63, 3.8) is 0 Å². The molecule has 0 spiro atoms. The maximum atomic E-state index is 10.8. The summed E-state index contributed by atoms with van der Waals surface area (Å²) in [6.45, 7) is 0.530. The molecule has 2 heterocycles. The molecule has 0 amide bonds. The smallest absolute Gasteiger partial charge is 0.323 e. The van der Waals surface area contributed by atoms with E-state index in [1.165, 1.54) is 0 Å². The van der Waals surface area contributed by atoms with Crippen molar-refractivity contribution in [2.45, 2.75) is 13.0 Å². The molecule has 2 aromatic carbocycles. The number of oxime groups is 1. The lowest BCUT2D eigenvalue weighted by atomic mass is 10.0. The quantitative estimate of drug-likeness (QED) is 0.558. The SMILES string of the molecule is O=S(=O)(O)O/N=C1/CCn2c(-c3ccccc3)nc3c(Cl)ccc1c32. The molecule has 0 aliphatic carbocycles. The van der Waals surface area contributed by atoms with Gasteiger partial charge in [-0.05, 0) is 12.1 Å². The number of rotatable bonds is 3. The Hall–Kier alpha value is -2.42. The van der Waals surface area contributed by atoms with E-state index in [0.29, 0.717) is 34.8 Å². The van der Waals surface area contributed by atoms with Crippen LogP contribution in [0.5, 0.6) is 0 Å². The van der Waals surface area contributed by atoms with Gasteiger partial charge < -0.3 is 4.57 Å². The summed E-state index contributed by atoms with van der Waals surface area (Å²) in [6.07, 6.45) is 0.426. The number of aromatic nitrogens is 2. The van der Waals surface area contributed by atoms with Crippen LogP contribution in [0.15, 0.2) is 47.6 Å². The van der Waals surface area contributed by atoms with Crippen LogP contribution in [0.2, 0.25) is 5.02 Å². The Labute approximate surface area is 148 Å². The summed E-state index contributed by atoms with van der Waals surface area (Å²) in [6, 6.07) is 13.1. The molecule has 128 valence electrons. The van der Waals surface area contributed by atoms with E-state index in [2.05, 4.69) is 14.4 Å². The van der Waals surface area contributed by atoms with Gasteiger partial charge in [0.2, 0.25) is 0 Å². The van der Waals surface area contributed by atoms with Crippen LogP contribution < -0.4 is 0 Å². The summed E-state index contributed by atoms with van der Waals surface area (Å²) >= 11 is 6.30. The summed E-state index contributed by atoms with van der Waals surface area (Å²) in [5, 5.41) is 4.08. The van der Waals surface area contributed by atoms with Crippen LogP contribution in [-0.2, 0) is 21.2 Å². The predicted octanol–water partition coefficient (Wildman–Crippen LogP) is 3.28. The molecule has 1 aliphatic heterocycles. The van der Waals surface area contributed by atoms with Gasteiger partial charge in [-0.3, -0.25) is 4.55 Å². The Kier molecular flexibility index (Phi) is 3.75. The average molecular weight is 378 g/mol. The minimum Gasteiger partial charge on any atom is -0.323 e. The van der Waals surface area contributed by atoms with E-state index >= 15 is 0 Å². The van der Waals surface area contributed by atoms with Gasteiger partial charge in [0.25, 0.3) is 0 Å². The van der Waals surface area contributed by atoms with Crippen molar-refractivity contribution < 1.29 is 17.3 Å². The van der Waals surface area contributed by atoms with E-state index in [1.807, 2.05) is 34.9 Å². The number of aryl methyl sites for hydroxylation is 1. The third-order valence-corrected chi connectivity index (χ3v) is 4.57. The van der Waals surface area contributed by atoms with Crippen LogP contribution in [0.3, 0.4) is 0 Å². The Morgan fingerprint density at radius 1 is 1.20 bits per heavy atom. The highest BCUT2D eigenvalue weighted by molar-refractivity contribution is 7.80. The summed E-state index contributed by atoms with van der Waals surface area (Å²) in [5.74, 6) is 0.777. The molecule has 0 unspecified atom stereocenters. The zero-order chi connectivity index (χ0) is 17.6. The third kappa shape index (κ3) is 2.88. The largest absolute Gasteiger partial charge is 0.466 e. The lowest BCUT2D eigenvalue weighted by Crippen LogP contribution is -2.17. The zero-order valence-electron chi connectivity index (χ0n) is 12.8. The lowest BCUT2D eigenvalue weighted by molar-refractivity contribution is 0.281. The van der Waals surface area contributed by atoms with E-state index in [9.17, 15) is 8.42 Å². The van der Waals surface area contributed by atoms with Crippen LogP contribution >= 0.6 is 11.6 Å². The van der Waals surface area contributed by atoms with Gasteiger partial charge in [0, 0.05) is 24.1 Å². The highest BCUT2D eigenvalue weighted by Gasteiger charge is 2.25. The van der Waals surface area contributed by atoms with Crippen LogP contribution in [0, 0.1) is 0 Å². The maximum Gasteiger partial charge on any atom is 0.466 e. The van der Waals surface area contributed by atoms with Crippen molar-refractivity contribution in [1.82, 2.24) is 9.55 Å². The first-order valence-corrected chi connectivity index (χ1v) is 9.16. The van der Waals surface area contributed by atoms with Gasteiger partial charge in [-0.1, -0.05) is 47.1 Å². The third-order valence-electron chi connectivity index (χ3n) is 4.00. The molecule has 0 bridgehead atoms. The Balaban J connectivity index is 1.94. The van der Waals surface area contributed by atoms with E-state index in [4.69, 9.17) is 16.2 Å². The molecule has 3 aromatic rings. The molecule has 0 fully saturated rings. The minimum absolute atomic E-state index is 0.409. The van der Waals surface area contributed by atoms with E-state index < -0.39 is 10.4 Å². The molecule has 1 N–H and O–H groups in total. The highest BCUT2D eigenvalue weighted by atomic mass is 35.5. The van der Waals surface area contributed by atoms with Crippen molar-refractivity contribution in [1.29, 1.82) is 0 Å². The average Bonchev–Trinajstić information content (AvgIpc) is 2.98. The summed E-state index contributed by atoms with van der Waals surface area (Å²) in [5.41, 5.74) is 3.40. The molecule has 0 saturated carbocycles. The number of benzene rings is 2. The zero-order valence-corrected chi connectivity index (χ0v) is 14.3. The first-order chi connectivity index (χ1) is 11.9. The molecule has 25 heavy (non-hydrogen) atoms. The van der Waals surface area contributed by atoms with Gasteiger partial charge in [0.05, 0.1) is 16.3 Å². The van der Waals surface area contributed by atoms with Crippen LogP contribution in [0.4, 0.5) is 0 Å². The lowest BCUT2D eigenvalue weighted by Gasteiger charge is -2.18. The second kappa shape index (κ2) is 5.83. The fourth-order valence-corrected chi connectivity index (χ4v) is 3.38. The minimum atomic E-state index is -4.65. The molecule has 0 saturated heterocycles. The van der Waals surface area contributed by atoms with Gasteiger partial charge in [0.15, 0.2) is 0 Å². The maximum absolute atomic E-state index is 10.8. The second-order valence-corrected chi connectivity index (χ2v) is 6.95. The normalized spacial score (nSPS) is 15.7. The van der Waals surface area contributed by atoms with Crippen molar-refractivity contribution in [3.05, 3.63) is 53.1 Å². The van der Waals surface area contributed by atoms with Crippen molar-refractivity contribution >= 4 is 38.7 Å². The standard InChI is InChI=1S/C16H12ClN3O4S/c17-12-7-6-11-13(19-24-25(21,22)23)8-9-20-15(11)14(12)18-16(20)10-4-2-1-3-5-10/h1-7H,8-9H2,(H,21,22,23)/b19-13-. The van der Waals surface area contributed by atoms with E-state index in [-0.39, 0.29) is 0 Å². The van der Waals surface area contributed by atoms with Gasteiger partial charge in [-0.2, -0.15) is 8.42 Å². The highest BCUT2D eigenvalue weighted by Crippen LogP contribution is 2.35. The summed E-state index contributed by atoms with van der Waals surface area (Å²) in [4.78, 5) is 4.67. The van der Waals surface area contributed by atoms with Gasteiger partial charge in [-0.25, -0.2) is 9.27 Å². The number of nitrogens with zero attached hydrogens (tertiary/aromatic N) is 3. The van der Waals surface area contributed by atoms with E-state index in [1.54, 1.807) is 12.1 Å². The molecular weight excluding hydrogens is 366 g/mol. The van der Waals surface area contributed by atoms with Crippen LogP contribution in [0.1, 0.15) is 12.0 Å². The molecular formula is C16H12ClN3O4S. The number of halogens is 1. The Morgan fingerprint density at radius 2 is 1.96 bits per heavy atom. The van der Waals surface area contributed by atoms with Crippen molar-refractivity contribution in [3.8, 4) is 11.4 Å². The fourth-order valence-electron chi connectivity index (χ4n) is 3.00. The molecule has 9 heteroatoms. The number of imidazole rings is 1. The van der Waals surface area contributed by atoms with Gasteiger partial charge in [-0.15, -0.1) is 0 Å². The van der Waals surface area contributed by atoms with Crippen LogP contribution in [-0.4, -0.2) is 28.2 Å². The molecule has 0 radical (unpaired) electrons.